The molecule has 0 heteroatoms. The van der Waals surface area contributed by atoms with E-state index < -0.39 is 0 Å². The predicted octanol–water partition coefficient (Wildman–Crippen LogP) is 3.26. The van der Waals surface area contributed by atoms with Crippen LogP contribution in [-0.4, -0.2) is 0 Å². The summed E-state index contributed by atoms with van der Waals surface area (Å²) in [7, 11) is 0. The second-order valence-corrected chi connectivity index (χ2v) is 2.94. The lowest BCUT2D eigenvalue weighted by Crippen LogP contribution is -1.75. The van der Waals surface area contributed by atoms with Gasteiger partial charge >= 0.3 is 0 Å². The van der Waals surface area contributed by atoms with Gasteiger partial charge in [0.1, 0.15) is 0 Å². The minimum atomic E-state index is 1.14. The topological polar surface area (TPSA) is 0 Å². The zero-order valence-corrected chi connectivity index (χ0v) is 6.91. The van der Waals surface area contributed by atoms with Crippen LogP contribution in [-0.2, 0) is 0 Å². The normalized spacial score (nSPS) is 17.0. The Labute approximate surface area is 63.6 Å². The van der Waals surface area contributed by atoms with Crippen LogP contribution in [0.25, 0.3) is 0 Å². The molecule has 1 radical (unpaired) electrons. The van der Waals surface area contributed by atoms with E-state index in [9.17, 15) is 0 Å². The molecule has 1 aliphatic rings. The van der Waals surface area contributed by atoms with Crippen LogP contribution >= 0.6 is 0 Å². The van der Waals surface area contributed by atoms with Gasteiger partial charge in [0.05, 0.1) is 0 Å². The van der Waals surface area contributed by atoms with Crippen LogP contribution in [0.15, 0.2) is 17.2 Å². The molecule has 1 aliphatic carbocycles. The average Bonchev–Trinajstić information content (AvgIpc) is 2.31. The molecule has 0 aromatic carbocycles. The van der Waals surface area contributed by atoms with Crippen molar-refractivity contribution in [1.29, 1.82) is 0 Å². The molecule has 0 nitrogen and oxygen atoms in total. The van der Waals surface area contributed by atoms with Crippen molar-refractivity contribution in [1.82, 2.24) is 0 Å². The molecule has 55 valence electrons. The molecule has 0 aliphatic heterocycles. The number of hydrogen-bond acceptors (Lipinski definition) is 0. The lowest BCUT2D eigenvalue weighted by atomic mass is 10.1. The molecule has 0 fully saturated rings. The number of rotatable bonds is 3. The fraction of sp³-hybridized carbons (Fsp3) is 0.600. The highest BCUT2D eigenvalue weighted by Gasteiger charge is 2.01. The van der Waals surface area contributed by atoms with E-state index in [1.807, 2.05) is 0 Å². The Bertz CT molecular complexity index is 161. The summed E-state index contributed by atoms with van der Waals surface area (Å²) in [5.41, 5.74) is 2.82. The second-order valence-electron chi connectivity index (χ2n) is 2.94. The van der Waals surface area contributed by atoms with E-state index in [1.165, 1.54) is 30.4 Å². The van der Waals surface area contributed by atoms with Crippen molar-refractivity contribution in [2.24, 2.45) is 0 Å². The minimum Gasteiger partial charge on any atom is -0.0766 e. The van der Waals surface area contributed by atoms with Gasteiger partial charge in [-0.2, -0.15) is 0 Å². The molecule has 10 heavy (non-hydrogen) atoms. The largest absolute Gasteiger partial charge is 0.0766 e. The molecule has 1 rings (SSSR count). The summed E-state index contributed by atoms with van der Waals surface area (Å²) in [6.45, 7) is 4.38. The van der Waals surface area contributed by atoms with Crippen molar-refractivity contribution in [2.75, 3.05) is 0 Å². The van der Waals surface area contributed by atoms with Gasteiger partial charge in [-0.15, -0.1) is 0 Å². The van der Waals surface area contributed by atoms with Gasteiger partial charge in [0.25, 0.3) is 0 Å². The predicted molar refractivity (Wildman–Crippen MR) is 44.7 cm³/mol. The summed E-state index contributed by atoms with van der Waals surface area (Å²) in [6, 6.07) is 0. The van der Waals surface area contributed by atoms with Gasteiger partial charge in [0.2, 0.25) is 0 Å². The molecule has 0 bridgehead atoms. The highest BCUT2D eigenvalue weighted by Crippen LogP contribution is 2.19. The fourth-order valence-corrected chi connectivity index (χ4v) is 1.18. The third-order valence-electron chi connectivity index (χ3n) is 1.83. The number of allylic oxidation sites excluding steroid dienone is 4. The summed E-state index contributed by atoms with van der Waals surface area (Å²) in [5.74, 6) is 0. The Balaban J connectivity index is 2.29. The summed E-state index contributed by atoms with van der Waals surface area (Å²) in [4.78, 5) is 0. The summed E-state index contributed by atoms with van der Waals surface area (Å²) >= 11 is 0. The van der Waals surface area contributed by atoms with Crippen LogP contribution in [0.3, 0.4) is 0 Å². The average molecular weight is 135 g/mol. The lowest BCUT2D eigenvalue weighted by molar-refractivity contribution is 0.796. The maximum Gasteiger partial charge on any atom is -0.0126 e. The molecule has 0 saturated heterocycles. The molecule has 0 unspecified atom stereocenters. The quantitative estimate of drug-likeness (QED) is 0.557. The minimum absolute atomic E-state index is 1.14. The zero-order valence-electron chi connectivity index (χ0n) is 6.91. The molecule has 0 heterocycles. The first-order valence-corrected chi connectivity index (χ1v) is 4.11. The van der Waals surface area contributed by atoms with Crippen LogP contribution in [0.2, 0.25) is 0 Å². The van der Waals surface area contributed by atoms with Gasteiger partial charge < -0.3 is 0 Å². The zero-order chi connectivity index (χ0) is 7.40. The van der Waals surface area contributed by atoms with E-state index in [2.05, 4.69) is 26.0 Å². The maximum absolute atomic E-state index is 3.37. The molecule has 0 aromatic rings. The fourth-order valence-electron chi connectivity index (χ4n) is 1.18. The van der Waals surface area contributed by atoms with E-state index in [4.69, 9.17) is 0 Å². The Morgan fingerprint density at radius 1 is 1.60 bits per heavy atom. The van der Waals surface area contributed by atoms with E-state index in [0.717, 1.165) is 6.42 Å². The van der Waals surface area contributed by atoms with E-state index in [-0.39, 0.29) is 0 Å². The Morgan fingerprint density at radius 3 is 2.90 bits per heavy atom. The Hall–Kier alpha value is -0.520. The highest BCUT2D eigenvalue weighted by molar-refractivity contribution is 5.25. The second kappa shape index (κ2) is 3.60. The van der Waals surface area contributed by atoms with E-state index in [0.29, 0.717) is 0 Å². The summed E-state index contributed by atoms with van der Waals surface area (Å²) < 4.78 is 0. The van der Waals surface area contributed by atoms with Gasteiger partial charge in [-0.05, 0) is 37.8 Å². The molecule has 0 amide bonds. The third kappa shape index (κ3) is 2.02. The molecule has 0 spiro atoms. The van der Waals surface area contributed by atoms with Crippen LogP contribution in [0.4, 0.5) is 0 Å². The highest BCUT2D eigenvalue weighted by atomic mass is 14.1. The molecular weight excluding hydrogens is 120 g/mol. The molecular formula is C10H15. The Kier molecular flexibility index (Phi) is 2.73. The van der Waals surface area contributed by atoms with Crippen molar-refractivity contribution in [3.8, 4) is 0 Å². The SMILES string of the molecule is CCCCC1=CCC(C)=[C]1. The van der Waals surface area contributed by atoms with Gasteiger partial charge in [-0.3, -0.25) is 0 Å². The van der Waals surface area contributed by atoms with Crippen molar-refractivity contribution in [3.05, 3.63) is 23.3 Å². The van der Waals surface area contributed by atoms with Crippen molar-refractivity contribution < 1.29 is 0 Å². The van der Waals surface area contributed by atoms with Crippen molar-refractivity contribution in [3.63, 3.8) is 0 Å². The monoisotopic (exact) mass is 135 g/mol. The van der Waals surface area contributed by atoms with Gasteiger partial charge in [-0.25, -0.2) is 0 Å². The first-order valence-electron chi connectivity index (χ1n) is 4.11. The first kappa shape index (κ1) is 7.59. The summed E-state index contributed by atoms with van der Waals surface area (Å²) in [5, 5.41) is 0. The first-order chi connectivity index (χ1) is 4.83. The Morgan fingerprint density at radius 2 is 2.40 bits per heavy atom. The standard InChI is InChI=1S/C10H15/c1-3-4-5-10-7-6-9(2)8-10/h7H,3-6H2,1-2H3. The number of unbranched alkanes of at least 4 members (excludes halogenated alkanes) is 1. The van der Waals surface area contributed by atoms with Gasteiger partial charge in [0.15, 0.2) is 0 Å². The summed E-state index contributed by atoms with van der Waals surface area (Å²) in [6.07, 6.45) is 10.6. The van der Waals surface area contributed by atoms with Gasteiger partial charge in [-0.1, -0.05) is 25.0 Å². The maximum atomic E-state index is 3.37. The van der Waals surface area contributed by atoms with E-state index in [1.54, 1.807) is 0 Å². The van der Waals surface area contributed by atoms with Crippen molar-refractivity contribution in [2.45, 2.75) is 39.5 Å². The molecule has 0 saturated carbocycles. The lowest BCUT2D eigenvalue weighted by Gasteiger charge is -1.93. The third-order valence-corrected chi connectivity index (χ3v) is 1.83. The molecule has 0 N–H and O–H groups in total. The molecule has 0 aromatic heterocycles. The smallest absolute Gasteiger partial charge is 0.0126 e. The number of hydrogen-bond donors (Lipinski definition) is 0. The van der Waals surface area contributed by atoms with E-state index >= 15 is 0 Å². The van der Waals surface area contributed by atoms with Crippen molar-refractivity contribution >= 4 is 0 Å². The van der Waals surface area contributed by atoms with Crippen LogP contribution in [0.1, 0.15) is 39.5 Å². The van der Waals surface area contributed by atoms with Gasteiger partial charge in [0, 0.05) is 0 Å². The van der Waals surface area contributed by atoms with Crippen LogP contribution in [0, 0.1) is 6.08 Å². The van der Waals surface area contributed by atoms with Crippen LogP contribution < -0.4 is 0 Å². The van der Waals surface area contributed by atoms with Crippen LogP contribution in [0.5, 0.6) is 0 Å². The molecule has 0 atom stereocenters.